The third kappa shape index (κ3) is 4.93. The number of anilines is 2. The number of nitrogens with zero attached hydrogens (tertiary/aromatic N) is 6. The number of hydrogen-bond donors (Lipinski definition) is 0. The molecule has 0 bridgehead atoms. The Morgan fingerprint density at radius 1 is 1.00 bits per heavy atom. The molecule has 4 rings (SSSR count). The van der Waals surface area contributed by atoms with Gasteiger partial charge in [-0.3, -0.25) is 0 Å². The third-order valence-corrected chi connectivity index (χ3v) is 4.55. The van der Waals surface area contributed by atoms with E-state index in [9.17, 15) is 0 Å². The minimum absolute atomic E-state index is 0.542. The second-order valence-electron chi connectivity index (χ2n) is 6.47. The second kappa shape index (κ2) is 9.43. The molecular weight excluding hydrogens is 360 g/mol. The van der Waals surface area contributed by atoms with Gasteiger partial charge in [-0.05, 0) is 12.1 Å². The zero-order valence-corrected chi connectivity index (χ0v) is 15.7. The molecule has 148 valence electrons. The molecule has 0 spiro atoms. The van der Waals surface area contributed by atoms with Gasteiger partial charge in [0.1, 0.15) is 11.6 Å². The molecule has 2 fully saturated rings. The Morgan fingerprint density at radius 3 is 2.46 bits per heavy atom. The first-order chi connectivity index (χ1) is 13.9. The molecular formula is C19H24N6O3. The molecule has 2 aliphatic rings. The van der Waals surface area contributed by atoms with Crippen LogP contribution < -0.4 is 9.80 Å². The molecule has 0 atom stereocenters. The molecule has 2 aromatic rings. The second-order valence-corrected chi connectivity index (χ2v) is 6.47. The fraction of sp³-hybridized carbons (Fsp3) is 0.474. The lowest BCUT2D eigenvalue weighted by Gasteiger charge is -2.30. The number of aromatic nitrogens is 2. The van der Waals surface area contributed by atoms with Gasteiger partial charge in [-0.25, -0.2) is 0 Å². The Bertz CT molecular complexity index is 760. The molecule has 0 aliphatic carbocycles. The van der Waals surface area contributed by atoms with Crippen molar-refractivity contribution in [1.29, 1.82) is 0 Å². The summed E-state index contributed by atoms with van der Waals surface area (Å²) in [6.07, 6.45) is 5.89. The van der Waals surface area contributed by atoms with Crippen LogP contribution in [-0.4, -0.2) is 62.6 Å². The van der Waals surface area contributed by atoms with Crippen molar-refractivity contribution in [3.05, 3.63) is 42.5 Å². The minimum atomic E-state index is 0.542. The summed E-state index contributed by atoms with van der Waals surface area (Å²) in [4.78, 5) is 13.7. The zero-order chi connectivity index (χ0) is 19.0. The average Bonchev–Trinajstić information content (AvgIpc) is 3.28. The maximum atomic E-state index is 5.45. The summed E-state index contributed by atoms with van der Waals surface area (Å²) in [5.74, 6) is 2.95. The molecule has 0 unspecified atom stereocenters. The van der Waals surface area contributed by atoms with E-state index in [0.29, 0.717) is 44.6 Å². The maximum absolute atomic E-state index is 5.45. The highest BCUT2D eigenvalue weighted by Gasteiger charge is 2.19. The summed E-state index contributed by atoms with van der Waals surface area (Å²) in [5.41, 5.74) is 0. The lowest BCUT2D eigenvalue weighted by atomic mass is 10.3. The monoisotopic (exact) mass is 384 g/mol. The van der Waals surface area contributed by atoms with Gasteiger partial charge in [0.05, 0.1) is 32.7 Å². The highest BCUT2D eigenvalue weighted by atomic mass is 16.5. The molecule has 2 saturated heterocycles. The van der Waals surface area contributed by atoms with Crippen LogP contribution in [-0.2, 0) is 15.9 Å². The first-order valence-electron chi connectivity index (χ1n) is 9.51. The first-order valence-corrected chi connectivity index (χ1v) is 9.51. The van der Waals surface area contributed by atoms with Crippen LogP contribution in [0.5, 0.6) is 0 Å². The Balaban J connectivity index is 1.50. The molecule has 9 nitrogen and oxygen atoms in total. The molecule has 0 aromatic carbocycles. The predicted octanol–water partition coefficient (Wildman–Crippen LogP) is 2.58. The van der Waals surface area contributed by atoms with Gasteiger partial charge < -0.3 is 23.7 Å². The predicted molar refractivity (Wildman–Crippen MR) is 104 cm³/mol. The molecule has 2 aliphatic heterocycles. The largest absolute Gasteiger partial charge is 0.469 e. The number of furan rings is 1. The molecule has 0 radical (unpaired) electrons. The van der Waals surface area contributed by atoms with E-state index < -0.39 is 0 Å². The first kappa shape index (κ1) is 18.6. The quantitative estimate of drug-likeness (QED) is 0.707. The van der Waals surface area contributed by atoms with E-state index in [1.807, 2.05) is 24.3 Å². The Labute approximate surface area is 163 Å². The standard InChI is InChI=1S/C19H24N6O3/c1(3-16-4-2-10-28-16)5-20-23-17-15-18(24-6-11-26-12-7-24)22-19(21-17)25-8-13-27-14-9-25/h1-2,4-5,10,15H,3,6-9,11-14H2. The van der Waals surface area contributed by atoms with E-state index in [2.05, 4.69) is 25.0 Å². The third-order valence-electron chi connectivity index (χ3n) is 4.55. The molecule has 0 N–H and O–H groups in total. The van der Waals surface area contributed by atoms with Crippen LogP contribution in [0.15, 0.2) is 51.4 Å². The lowest BCUT2D eigenvalue weighted by Crippen LogP contribution is -2.39. The van der Waals surface area contributed by atoms with E-state index in [1.165, 1.54) is 0 Å². The Kier molecular flexibility index (Phi) is 6.25. The van der Waals surface area contributed by atoms with Crippen LogP contribution in [0.1, 0.15) is 5.76 Å². The van der Waals surface area contributed by atoms with Crippen LogP contribution >= 0.6 is 0 Å². The summed E-state index contributed by atoms with van der Waals surface area (Å²) in [6, 6.07) is 5.67. The maximum Gasteiger partial charge on any atom is 0.229 e. The molecule has 2 aromatic heterocycles. The summed E-state index contributed by atoms with van der Waals surface area (Å²) < 4.78 is 16.2. The number of ether oxygens (including phenoxy) is 2. The number of morpholine rings is 2. The van der Waals surface area contributed by atoms with Crippen molar-refractivity contribution < 1.29 is 13.9 Å². The topological polar surface area (TPSA) is 88.6 Å². The van der Waals surface area contributed by atoms with Crippen LogP contribution in [0, 0.1) is 0 Å². The van der Waals surface area contributed by atoms with Crippen molar-refractivity contribution in [3.8, 4) is 0 Å². The van der Waals surface area contributed by atoms with Crippen molar-refractivity contribution in [3.63, 3.8) is 0 Å². The average molecular weight is 384 g/mol. The Morgan fingerprint density at radius 2 is 1.75 bits per heavy atom. The van der Waals surface area contributed by atoms with Gasteiger partial charge in [0, 0.05) is 44.9 Å². The van der Waals surface area contributed by atoms with Gasteiger partial charge in [0.25, 0.3) is 0 Å². The van der Waals surface area contributed by atoms with Crippen LogP contribution in [0.2, 0.25) is 0 Å². The summed E-state index contributed by atoms with van der Waals surface area (Å²) in [6.45, 7) is 5.90. The number of hydrogen-bond acceptors (Lipinski definition) is 9. The number of rotatable bonds is 6. The van der Waals surface area contributed by atoms with Crippen molar-refractivity contribution in [2.45, 2.75) is 6.42 Å². The molecule has 9 heteroatoms. The normalized spacial score (nSPS) is 18.4. The van der Waals surface area contributed by atoms with E-state index in [4.69, 9.17) is 18.9 Å². The number of allylic oxidation sites excluding steroid dienone is 1. The molecule has 28 heavy (non-hydrogen) atoms. The number of azo groups is 1. The van der Waals surface area contributed by atoms with Crippen molar-refractivity contribution >= 4 is 17.6 Å². The van der Waals surface area contributed by atoms with Crippen LogP contribution in [0.4, 0.5) is 17.6 Å². The van der Waals surface area contributed by atoms with Crippen LogP contribution in [0.25, 0.3) is 0 Å². The van der Waals surface area contributed by atoms with E-state index in [1.54, 1.807) is 12.5 Å². The van der Waals surface area contributed by atoms with Gasteiger partial charge in [-0.1, -0.05) is 6.08 Å². The fourth-order valence-corrected chi connectivity index (χ4v) is 3.06. The van der Waals surface area contributed by atoms with Crippen molar-refractivity contribution in [2.24, 2.45) is 10.2 Å². The molecule has 4 heterocycles. The van der Waals surface area contributed by atoms with Gasteiger partial charge in [0.15, 0.2) is 5.82 Å². The summed E-state index contributed by atoms with van der Waals surface area (Å²) in [7, 11) is 0. The fourth-order valence-electron chi connectivity index (χ4n) is 3.06. The molecule has 0 saturated carbocycles. The summed E-state index contributed by atoms with van der Waals surface area (Å²) >= 11 is 0. The van der Waals surface area contributed by atoms with Crippen molar-refractivity contribution in [2.75, 3.05) is 62.4 Å². The van der Waals surface area contributed by atoms with E-state index in [0.717, 1.165) is 37.8 Å². The SMILES string of the molecule is C(=CN=Nc1cc(N2CCOCC2)nc(N2CCOCC2)n1)Cc1ccco1. The summed E-state index contributed by atoms with van der Waals surface area (Å²) in [5, 5.41) is 8.42. The molecule has 0 amide bonds. The van der Waals surface area contributed by atoms with Gasteiger partial charge in [0.2, 0.25) is 5.95 Å². The van der Waals surface area contributed by atoms with Gasteiger partial charge in [-0.2, -0.15) is 15.1 Å². The van der Waals surface area contributed by atoms with E-state index in [-0.39, 0.29) is 0 Å². The lowest BCUT2D eigenvalue weighted by molar-refractivity contribution is 0.121. The highest BCUT2D eigenvalue weighted by molar-refractivity contribution is 5.52. The zero-order valence-electron chi connectivity index (χ0n) is 15.7. The smallest absolute Gasteiger partial charge is 0.229 e. The van der Waals surface area contributed by atoms with E-state index >= 15 is 0 Å². The van der Waals surface area contributed by atoms with Gasteiger partial charge >= 0.3 is 0 Å². The van der Waals surface area contributed by atoms with Gasteiger partial charge in [-0.15, -0.1) is 5.11 Å². The minimum Gasteiger partial charge on any atom is -0.469 e. The Hall–Kier alpha value is -2.78. The highest BCUT2D eigenvalue weighted by Crippen LogP contribution is 2.24. The van der Waals surface area contributed by atoms with Crippen molar-refractivity contribution in [1.82, 2.24) is 9.97 Å². The van der Waals surface area contributed by atoms with Crippen LogP contribution in [0.3, 0.4) is 0 Å².